The number of benzene rings is 1. The number of amides is 2. The zero-order chi connectivity index (χ0) is 13.1. The topological polar surface area (TPSA) is 61.4 Å². The zero-order valence-corrected chi connectivity index (χ0v) is 11.2. The number of carbonyl (C=O) groups is 1. The molecule has 0 heterocycles. The average molecular weight is 268 g/mol. The van der Waals surface area contributed by atoms with Crippen LogP contribution in [0.5, 0.6) is 0 Å². The van der Waals surface area contributed by atoms with Gasteiger partial charge in [-0.05, 0) is 30.7 Å². The fourth-order valence-corrected chi connectivity index (χ4v) is 2.20. The Bertz CT molecular complexity index is 333. The summed E-state index contributed by atoms with van der Waals surface area (Å²) in [5.41, 5.74) is 0. The third kappa shape index (κ3) is 7.19. The van der Waals surface area contributed by atoms with Crippen molar-refractivity contribution in [3.8, 4) is 0 Å². The van der Waals surface area contributed by atoms with Gasteiger partial charge < -0.3 is 15.7 Å². The van der Waals surface area contributed by atoms with E-state index in [9.17, 15) is 4.79 Å². The zero-order valence-electron chi connectivity index (χ0n) is 10.4. The predicted octanol–water partition coefficient (Wildman–Crippen LogP) is 1.85. The monoisotopic (exact) mass is 268 g/mol. The molecule has 0 fully saturated rings. The molecule has 0 atom stereocenters. The first-order valence-electron chi connectivity index (χ1n) is 6.13. The predicted molar refractivity (Wildman–Crippen MR) is 74.9 cm³/mol. The second-order valence-corrected chi connectivity index (χ2v) is 4.94. The van der Waals surface area contributed by atoms with E-state index in [2.05, 4.69) is 22.8 Å². The van der Waals surface area contributed by atoms with Gasteiger partial charge >= 0.3 is 6.03 Å². The van der Waals surface area contributed by atoms with Crippen molar-refractivity contribution in [1.29, 1.82) is 0 Å². The summed E-state index contributed by atoms with van der Waals surface area (Å²) in [7, 11) is 0. The quantitative estimate of drug-likeness (QED) is 0.498. The highest BCUT2D eigenvalue weighted by atomic mass is 32.2. The van der Waals surface area contributed by atoms with Gasteiger partial charge in [0.15, 0.2) is 0 Å². The minimum atomic E-state index is -0.159. The Kier molecular flexibility index (Phi) is 8.08. The fourth-order valence-electron chi connectivity index (χ4n) is 1.32. The standard InChI is InChI=1S/C13H20N2O2S/c16-10-4-8-14-13(17)15-9-5-11-18-12-6-2-1-3-7-12/h1-3,6-7,16H,4-5,8-11H2,(H2,14,15,17). The minimum Gasteiger partial charge on any atom is -0.396 e. The van der Waals surface area contributed by atoms with Crippen molar-refractivity contribution in [2.45, 2.75) is 17.7 Å². The summed E-state index contributed by atoms with van der Waals surface area (Å²) < 4.78 is 0. The molecule has 3 N–H and O–H groups in total. The Balaban J connectivity index is 1.97. The molecule has 0 aliphatic carbocycles. The molecule has 0 aliphatic heterocycles. The van der Waals surface area contributed by atoms with E-state index in [0.717, 1.165) is 12.2 Å². The summed E-state index contributed by atoms with van der Waals surface area (Å²) in [6, 6.07) is 10.1. The number of urea groups is 1. The first-order chi connectivity index (χ1) is 8.83. The molecule has 0 bridgehead atoms. The highest BCUT2D eigenvalue weighted by molar-refractivity contribution is 7.99. The van der Waals surface area contributed by atoms with E-state index in [0.29, 0.717) is 19.5 Å². The molecule has 0 aliphatic rings. The van der Waals surface area contributed by atoms with E-state index in [4.69, 9.17) is 5.11 Å². The average Bonchev–Trinajstić information content (AvgIpc) is 2.40. The van der Waals surface area contributed by atoms with E-state index in [-0.39, 0.29) is 12.6 Å². The van der Waals surface area contributed by atoms with Gasteiger partial charge in [0, 0.05) is 24.6 Å². The van der Waals surface area contributed by atoms with Crippen molar-refractivity contribution in [2.75, 3.05) is 25.4 Å². The van der Waals surface area contributed by atoms with Gasteiger partial charge in [0.2, 0.25) is 0 Å². The van der Waals surface area contributed by atoms with E-state index < -0.39 is 0 Å². The van der Waals surface area contributed by atoms with Crippen molar-refractivity contribution in [3.05, 3.63) is 30.3 Å². The van der Waals surface area contributed by atoms with Gasteiger partial charge in [-0.15, -0.1) is 11.8 Å². The number of hydrogen-bond acceptors (Lipinski definition) is 3. The SMILES string of the molecule is O=C(NCCCO)NCCCSc1ccccc1. The number of thioether (sulfide) groups is 1. The van der Waals surface area contributed by atoms with E-state index in [1.165, 1.54) is 4.90 Å². The van der Waals surface area contributed by atoms with E-state index >= 15 is 0 Å². The summed E-state index contributed by atoms with van der Waals surface area (Å²) in [6.45, 7) is 1.29. The van der Waals surface area contributed by atoms with Crippen LogP contribution in [0.2, 0.25) is 0 Å². The van der Waals surface area contributed by atoms with Gasteiger partial charge in [-0.2, -0.15) is 0 Å². The third-order valence-corrected chi connectivity index (χ3v) is 3.34. The maximum Gasteiger partial charge on any atom is 0.314 e. The lowest BCUT2D eigenvalue weighted by Gasteiger charge is -2.06. The number of hydrogen-bond donors (Lipinski definition) is 3. The van der Waals surface area contributed by atoms with Crippen molar-refractivity contribution < 1.29 is 9.90 Å². The van der Waals surface area contributed by atoms with Crippen LogP contribution in [-0.2, 0) is 0 Å². The minimum absolute atomic E-state index is 0.105. The third-order valence-electron chi connectivity index (χ3n) is 2.24. The number of carbonyl (C=O) groups excluding carboxylic acids is 1. The molecule has 0 saturated carbocycles. The van der Waals surface area contributed by atoms with Gasteiger partial charge in [0.05, 0.1) is 0 Å². The highest BCUT2D eigenvalue weighted by Gasteiger charge is 1.98. The molecule has 4 nitrogen and oxygen atoms in total. The molecule has 0 aromatic heterocycles. The molecular formula is C13H20N2O2S. The summed E-state index contributed by atoms with van der Waals surface area (Å²) >= 11 is 1.79. The van der Waals surface area contributed by atoms with Crippen LogP contribution in [0.1, 0.15) is 12.8 Å². The lowest BCUT2D eigenvalue weighted by atomic mass is 10.4. The number of nitrogens with one attached hydrogen (secondary N) is 2. The molecule has 0 radical (unpaired) electrons. The van der Waals surface area contributed by atoms with E-state index in [1.54, 1.807) is 11.8 Å². The Labute approximate surface area is 112 Å². The lowest BCUT2D eigenvalue weighted by Crippen LogP contribution is -2.36. The first kappa shape index (κ1) is 14.9. The number of aliphatic hydroxyl groups is 1. The highest BCUT2D eigenvalue weighted by Crippen LogP contribution is 2.17. The molecule has 1 aromatic rings. The Morgan fingerprint density at radius 1 is 1.11 bits per heavy atom. The normalized spacial score (nSPS) is 10.1. The Hall–Kier alpha value is -1.20. The maximum atomic E-state index is 11.2. The number of rotatable bonds is 8. The van der Waals surface area contributed by atoms with Crippen molar-refractivity contribution >= 4 is 17.8 Å². The molecular weight excluding hydrogens is 248 g/mol. The summed E-state index contributed by atoms with van der Waals surface area (Å²) in [5, 5.41) is 14.0. The summed E-state index contributed by atoms with van der Waals surface area (Å²) in [5.74, 6) is 0.987. The van der Waals surface area contributed by atoms with Crippen LogP contribution in [0, 0.1) is 0 Å². The Morgan fingerprint density at radius 2 is 1.78 bits per heavy atom. The lowest BCUT2D eigenvalue weighted by molar-refractivity contribution is 0.238. The van der Waals surface area contributed by atoms with Crippen LogP contribution in [0.25, 0.3) is 0 Å². The van der Waals surface area contributed by atoms with Crippen LogP contribution < -0.4 is 10.6 Å². The van der Waals surface area contributed by atoms with Crippen LogP contribution in [0.3, 0.4) is 0 Å². The molecule has 18 heavy (non-hydrogen) atoms. The van der Waals surface area contributed by atoms with Crippen LogP contribution >= 0.6 is 11.8 Å². The van der Waals surface area contributed by atoms with Gasteiger partial charge in [-0.25, -0.2) is 4.79 Å². The van der Waals surface area contributed by atoms with Crippen molar-refractivity contribution in [1.82, 2.24) is 10.6 Å². The number of aliphatic hydroxyl groups excluding tert-OH is 1. The molecule has 1 aromatic carbocycles. The van der Waals surface area contributed by atoms with Crippen LogP contribution in [0.15, 0.2) is 35.2 Å². The van der Waals surface area contributed by atoms with Crippen LogP contribution in [0.4, 0.5) is 4.79 Å². The van der Waals surface area contributed by atoms with Gasteiger partial charge in [0.1, 0.15) is 0 Å². The summed E-state index contributed by atoms with van der Waals surface area (Å²) in [6.07, 6.45) is 1.53. The Morgan fingerprint density at radius 3 is 2.44 bits per heavy atom. The maximum absolute atomic E-state index is 11.2. The first-order valence-corrected chi connectivity index (χ1v) is 7.12. The molecule has 0 spiro atoms. The van der Waals surface area contributed by atoms with Gasteiger partial charge in [0.25, 0.3) is 0 Å². The van der Waals surface area contributed by atoms with Gasteiger partial charge in [-0.1, -0.05) is 18.2 Å². The molecule has 0 saturated heterocycles. The fraction of sp³-hybridized carbons (Fsp3) is 0.462. The smallest absolute Gasteiger partial charge is 0.314 e. The van der Waals surface area contributed by atoms with Gasteiger partial charge in [-0.3, -0.25) is 0 Å². The van der Waals surface area contributed by atoms with Crippen molar-refractivity contribution in [3.63, 3.8) is 0 Å². The molecule has 0 unspecified atom stereocenters. The molecule has 2 amide bonds. The largest absolute Gasteiger partial charge is 0.396 e. The second-order valence-electron chi connectivity index (χ2n) is 3.77. The summed E-state index contributed by atoms with van der Waals surface area (Å²) in [4.78, 5) is 12.5. The van der Waals surface area contributed by atoms with Crippen LogP contribution in [-0.4, -0.2) is 36.6 Å². The van der Waals surface area contributed by atoms with Crippen molar-refractivity contribution in [2.24, 2.45) is 0 Å². The second kappa shape index (κ2) is 9.79. The molecule has 5 heteroatoms. The molecule has 1 rings (SSSR count). The van der Waals surface area contributed by atoms with E-state index in [1.807, 2.05) is 18.2 Å². The molecule has 100 valence electrons.